The first kappa shape index (κ1) is 16.2. The number of hydrogen-bond donors (Lipinski definition) is 1. The minimum Gasteiger partial charge on any atom is -0.479 e. The third-order valence-corrected chi connectivity index (χ3v) is 5.52. The van der Waals surface area contributed by atoms with Gasteiger partial charge in [0.1, 0.15) is 23.1 Å². The predicted molar refractivity (Wildman–Crippen MR) is 91.7 cm³/mol. The van der Waals surface area contributed by atoms with Crippen LogP contribution in [0.25, 0.3) is 10.2 Å². The van der Waals surface area contributed by atoms with E-state index in [4.69, 9.17) is 9.84 Å². The minimum absolute atomic E-state index is 0.105. The molecule has 0 spiro atoms. The highest BCUT2D eigenvalue weighted by atomic mass is 32.1. The number of rotatable bonds is 3. The van der Waals surface area contributed by atoms with Crippen LogP contribution >= 0.6 is 11.3 Å². The van der Waals surface area contributed by atoms with Gasteiger partial charge in [-0.1, -0.05) is 0 Å². The number of fused-ring (bicyclic) bond motifs is 1. The first-order chi connectivity index (χ1) is 12.1. The second-order valence-corrected chi connectivity index (χ2v) is 7.07. The molecular formula is C16H18N4O4S. The summed E-state index contributed by atoms with van der Waals surface area (Å²) in [5, 5.41) is 12.0. The van der Waals surface area contributed by atoms with Gasteiger partial charge in [0.2, 0.25) is 0 Å². The Morgan fingerprint density at radius 3 is 2.64 bits per heavy atom. The van der Waals surface area contributed by atoms with E-state index in [1.165, 1.54) is 0 Å². The van der Waals surface area contributed by atoms with Gasteiger partial charge in [-0.2, -0.15) is 0 Å². The summed E-state index contributed by atoms with van der Waals surface area (Å²) in [6.07, 6.45) is 0.947. The number of anilines is 1. The molecule has 0 aliphatic carbocycles. The van der Waals surface area contributed by atoms with Crippen molar-refractivity contribution in [1.82, 2.24) is 14.9 Å². The van der Waals surface area contributed by atoms with Crippen molar-refractivity contribution < 1.29 is 19.4 Å². The molecule has 2 atom stereocenters. The summed E-state index contributed by atoms with van der Waals surface area (Å²) >= 11 is 1.58. The van der Waals surface area contributed by atoms with Crippen LogP contribution in [0.15, 0.2) is 17.8 Å². The Balaban J connectivity index is 1.39. The largest absolute Gasteiger partial charge is 0.479 e. The number of amides is 1. The smallest absolute Gasteiger partial charge is 0.332 e. The lowest BCUT2D eigenvalue weighted by atomic mass is 10.1. The predicted octanol–water partition coefficient (Wildman–Crippen LogP) is 0.972. The SMILES string of the molecule is O=C(O)[C@H]1CC[C@@H](C(=O)N2CCN(c3ncnc4sccc34)CC2)O1. The minimum atomic E-state index is -0.997. The number of aromatic nitrogens is 2. The van der Waals surface area contributed by atoms with Crippen LogP contribution in [0.5, 0.6) is 0 Å². The van der Waals surface area contributed by atoms with Gasteiger partial charge in [-0.15, -0.1) is 11.3 Å². The maximum Gasteiger partial charge on any atom is 0.332 e. The third-order valence-electron chi connectivity index (χ3n) is 4.70. The van der Waals surface area contributed by atoms with E-state index in [1.54, 1.807) is 22.6 Å². The average molecular weight is 362 g/mol. The van der Waals surface area contributed by atoms with Crippen LogP contribution in [0.1, 0.15) is 12.8 Å². The molecule has 0 saturated carbocycles. The Labute approximate surface area is 148 Å². The van der Waals surface area contributed by atoms with E-state index in [9.17, 15) is 9.59 Å². The van der Waals surface area contributed by atoms with Crippen LogP contribution in [0.3, 0.4) is 0 Å². The second-order valence-electron chi connectivity index (χ2n) is 6.18. The van der Waals surface area contributed by atoms with Crippen molar-refractivity contribution in [3.63, 3.8) is 0 Å². The Bertz CT molecular complexity index is 802. The Morgan fingerprint density at radius 2 is 1.92 bits per heavy atom. The van der Waals surface area contributed by atoms with Gasteiger partial charge in [-0.25, -0.2) is 14.8 Å². The zero-order valence-electron chi connectivity index (χ0n) is 13.5. The molecule has 2 aromatic rings. The van der Waals surface area contributed by atoms with E-state index < -0.39 is 18.2 Å². The van der Waals surface area contributed by atoms with Gasteiger partial charge in [0.25, 0.3) is 5.91 Å². The normalized spacial score (nSPS) is 24.0. The molecule has 0 aromatic carbocycles. The lowest BCUT2D eigenvalue weighted by Crippen LogP contribution is -2.51. The van der Waals surface area contributed by atoms with E-state index in [-0.39, 0.29) is 5.91 Å². The molecule has 4 heterocycles. The number of carbonyl (C=O) groups excluding carboxylic acids is 1. The molecular weight excluding hydrogens is 344 g/mol. The Hall–Kier alpha value is -2.26. The number of carboxylic acids is 1. The molecule has 8 nitrogen and oxygen atoms in total. The molecule has 132 valence electrons. The molecule has 25 heavy (non-hydrogen) atoms. The number of piperazine rings is 1. The fourth-order valence-electron chi connectivity index (χ4n) is 3.37. The maximum atomic E-state index is 12.5. The molecule has 2 aliphatic heterocycles. The van der Waals surface area contributed by atoms with Gasteiger partial charge in [-0.05, 0) is 24.3 Å². The molecule has 2 aliphatic rings. The Morgan fingerprint density at radius 1 is 1.16 bits per heavy atom. The number of aliphatic carboxylic acids is 1. The summed E-state index contributed by atoms with van der Waals surface area (Å²) in [6.45, 7) is 2.52. The van der Waals surface area contributed by atoms with Crippen LogP contribution in [0.4, 0.5) is 5.82 Å². The molecule has 1 N–H and O–H groups in total. The van der Waals surface area contributed by atoms with Gasteiger partial charge in [0.15, 0.2) is 6.10 Å². The van der Waals surface area contributed by atoms with Crippen LogP contribution in [-0.4, -0.2) is 70.2 Å². The van der Waals surface area contributed by atoms with Crippen molar-refractivity contribution in [3.05, 3.63) is 17.8 Å². The van der Waals surface area contributed by atoms with Crippen LogP contribution in [0, 0.1) is 0 Å². The van der Waals surface area contributed by atoms with Gasteiger partial charge >= 0.3 is 5.97 Å². The zero-order chi connectivity index (χ0) is 17.4. The highest BCUT2D eigenvalue weighted by molar-refractivity contribution is 7.16. The summed E-state index contributed by atoms with van der Waals surface area (Å²) in [6, 6.07) is 2.02. The monoisotopic (exact) mass is 362 g/mol. The molecule has 0 unspecified atom stereocenters. The quantitative estimate of drug-likeness (QED) is 0.869. The molecule has 2 fully saturated rings. The summed E-state index contributed by atoms with van der Waals surface area (Å²) in [5.74, 6) is -0.197. The molecule has 2 aromatic heterocycles. The summed E-state index contributed by atoms with van der Waals surface area (Å²) in [5.41, 5.74) is 0. The number of carbonyl (C=O) groups is 2. The maximum absolute atomic E-state index is 12.5. The summed E-state index contributed by atoms with van der Waals surface area (Å²) in [7, 11) is 0. The van der Waals surface area contributed by atoms with Gasteiger partial charge in [0.05, 0.1) is 5.39 Å². The standard InChI is InChI=1S/C16H18N4O4S/c21-15(11-1-2-12(24-11)16(22)23)20-6-4-19(5-7-20)13-10-3-8-25-14(10)18-9-17-13/h3,8-9,11-12H,1-2,4-7H2,(H,22,23)/t11-,12+/m0/s1. The van der Waals surface area contributed by atoms with Crippen LogP contribution in [0.2, 0.25) is 0 Å². The summed E-state index contributed by atoms with van der Waals surface area (Å²) in [4.78, 5) is 37.1. The van der Waals surface area contributed by atoms with Crippen LogP contribution in [-0.2, 0) is 14.3 Å². The lowest BCUT2D eigenvalue weighted by Gasteiger charge is -2.36. The lowest BCUT2D eigenvalue weighted by molar-refractivity contribution is -0.154. The van der Waals surface area contributed by atoms with E-state index in [2.05, 4.69) is 14.9 Å². The molecule has 9 heteroatoms. The fraction of sp³-hybridized carbons (Fsp3) is 0.500. The molecule has 4 rings (SSSR count). The molecule has 0 bridgehead atoms. The van der Waals surface area contributed by atoms with Crippen molar-refractivity contribution in [2.75, 3.05) is 31.1 Å². The van der Waals surface area contributed by atoms with Crippen molar-refractivity contribution in [1.29, 1.82) is 0 Å². The first-order valence-electron chi connectivity index (χ1n) is 8.23. The average Bonchev–Trinajstić information content (AvgIpc) is 3.30. The topological polar surface area (TPSA) is 95.9 Å². The molecule has 2 saturated heterocycles. The summed E-state index contributed by atoms with van der Waals surface area (Å²) < 4.78 is 5.37. The number of hydrogen-bond acceptors (Lipinski definition) is 7. The van der Waals surface area contributed by atoms with Crippen LogP contribution < -0.4 is 4.90 Å². The molecule has 1 amide bonds. The van der Waals surface area contributed by atoms with Gasteiger partial charge in [0, 0.05) is 26.2 Å². The highest BCUT2D eigenvalue weighted by Crippen LogP contribution is 2.28. The number of nitrogens with zero attached hydrogens (tertiary/aromatic N) is 4. The number of thiophene rings is 1. The number of carboxylic acid groups (broad SMARTS) is 1. The number of ether oxygens (including phenoxy) is 1. The Kier molecular flexibility index (Phi) is 4.26. The van der Waals surface area contributed by atoms with E-state index in [0.29, 0.717) is 39.0 Å². The van der Waals surface area contributed by atoms with E-state index >= 15 is 0 Å². The van der Waals surface area contributed by atoms with E-state index in [1.807, 2.05) is 11.4 Å². The van der Waals surface area contributed by atoms with Crippen molar-refractivity contribution >= 4 is 39.2 Å². The van der Waals surface area contributed by atoms with Crippen molar-refractivity contribution in [2.45, 2.75) is 25.0 Å². The van der Waals surface area contributed by atoms with Gasteiger partial charge in [-0.3, -0.25) is 4.79 Å². The second kappa shape index (κ2) is 6.57. The van der Waals surface area contributed by atoms with Crippen molar-refractivity contribution in [3.8, 4) is 0 Å². The molecule has 0 radical (unpaired) electrons. The fourth-order valence-corrected chi connectivity index (χ4v) is 4.10. The van der Waals surface area contributed by atoms with Crippen molar-refractivity contribution in [2.24, 2.45) is 0 Å². The van der Waals surface area contributed by atoms with E-state index in [0.717, 1.165) is 16.0 Å². The first-order valence-corrected chi connectivity index (χ1v) is 9.11. The highest BCUT2D eigenvalue weighted by Gasteiger charge is 2.37. The third kappa shape index (κ3) is 3.05. The van der Waals surface area contributed by atoms with Gasteiger partial charge < -0.3 is 19.6 Å². The zero-order valence-corrected chi connectivity index (χ0v) is 14.3.